The normalized spacial score (nSPS) is 20.9. The number of anilines is 2. The monoisotopic (exact) mass is 1050 g/mol. The Hall–Kier alpha value is -5.00. The number of carbonyl (C=O) groups is 5. The van der Waals surface area contributed by atoms with E-state index in [9.17, 15) is 29.1 Å². The fourth-order valence-corrected chi connectivity index (χ4v) is 12.0. The van der Waals surface area contributed by atoms with E-state index in [0.717, 1.165) is 113 Å². The Balaban J connectivity index is 1.38. The molecule has 4 N–H and O–H groups in total. The minimum Gasteiger partial charge on any atom is -0.506 e. The second kappa shape index (κ2) is 28.1. The molecule has 1 fully saturated rings. The van der Waals surface area contributed by atoms with Crippen LogP contribution in [0.2, 0.25) is 0 Å². The predicted octanol–water partition coefficient (Wildman–Crippen LogP) is 13.9. The molecule has 2 aliphatic heterocycles. The molecule has 76 heavy (non-hydrogen) atoms. The van der Waals surface area contributed by atoms with E-state index in [1.807, 2.05) is 24.3 Å². The molecule has 1 aromatic carbocycles. The van der Waals surface area contributed by atoms with E-state index in [2.05, 4.69) is 123 Å². The standard InChI is InChI=1S/C64H100N6O6/c1-15-19-29-45(17-3)39-65-55(71)31-25-21-23-27-33-57(73)67-51-37-53-49(63(11,12)43(9)69(53)41(5)6)35-47(51)59-61(75)60(62(59)76)48-36-50-54(70(42(7)8)44(10)64(50,13)14)38-52(48)68-58(74)34-28-24-22-26-32-56(72)66-40-46(18-4)30-20-16-2/h35-38,41-46,75H,15-34,39-40H2,1-14H3,(H,65,71)(H,66,72)(H,67,73)/b60-48-,68-52?. The fourth-order valence-electron chi connectivity index (χ4n) is 12.0. The average molecular weight is 1050 g/mol. The molecule has 1 saturated heterocycles. The van der Waals surface area contributed by atoms with Gasteiger partial charge in [-0.1, -0.05) is 120 Å². The molecule has 0 radical (unpaired) electrons. The maximum atomic E-state index is 15.0. The summed E-state index contributed by atoms with van der Waals surface area (Å²) in [7, 11) is 0. The largest absolute Gasteiger partial charge is 0.506 e. The van der Waals surface area contributed by atoms with Crippen LogP contribution in [0.4, 0.5) is 11.4 Å². The summed E-state index contributed by atoms with van der Waals surface area (Å²) >= 11 is 0. The van der Waals surface area contributed by atoms with E-state index >= 15 is 0 Å². The minimum atomic E-state index is -0.364. The first kappa shape index (κ1) is 61.8. The second-order valence-corrected chi connectivity index (χ2v) is 24.3. The molecule has 1 aromatic rings. The van der Waals surface area contributed by atoms with Crippen molar-refractivity contribution in [2.45, 2.75) is 255 Å². The molecule has 4 aliphatic rings. The van der Waals surface area contributed by atoms with Crippen LogP contribution in [0.5, 0.6) is 0 Å². The van der Waals surface area contributed by atoms with Crippen LogP contribution in [0.1, 0.15) is 236 Å². The van der Waals surface area contributed by atoms with Crippen molar-refractivity contribution in [2.24, 2.45) is 22.2 Å². The van der Waals surface area contributed by atoms with Crippen molar-refractivity contribution in [1.82, 2.24) is 15.5 Å². The zero-order valence-corrected chi connectivity index (χ0v) is 49.7. The first-order valence-corrected chi connectivity index (χ1v) is 29.9. The SMILES string of the molecule is CCCCC(CC)CNC(=O)CCCCCCC(=O)N=C1C=C2C(=C/C1=C1/C(=O)C(c3cc4c(cc3NC(=O)CCCCCCC(=O)NCC(CC)CCCC)N(C(C)C)C(C)C4(C)C)=C1O)C(C)(C)C(C)N2C(C)C. The highest BCUT2D eigenvalue weighted by Gasteiger charge is 2.49. The molecule has 4 unspecified atom stereocenters. The number of likely N-dealkylation sites (tertiary alicyclic amines) is 1. The lowest BCUT2D eigenvalue weighted by Crippen LogP contribution is -2.42. The predicted molar refractivity (Wildman–Crippen MR) is 314 cm³/mol. The number of unbranched alkanes of at least 4 members (excludes halogenated alkanes) is 8. The van der Waals surface area contributed by atoms with Gasteiger partial charge < -0.3 is 30.9 Å². The highest BCUT2D eigenvalue weighted by atomic mass is 16.3. The topological polar surface area (TPSA) is 161 Å². The highest BCUT2D eigenvalue weighted by Crippen LogP contribution is 2.53. The zero-order valence-electron chi connectivity index (χ0n) is 49.7. The quantitative estimate of drug-likeness (QED) is 0.0438. The van der Waals surface area contributed by atoms with E-state index in [1.165, 1.54) is 12.8 Å². The van der Waals surface area contributed by atoms with Crippen molar-refractivity contribution in [1.29, 1.82) is 0 Å². The second-order valence-electron chi connectivity index (χ2n) is 24.3. The first-order valence-electron chi connectivity index (χ1n) is 29.9. The van der Waals surface area contributed by atoms with Crippen LogP contribution in [0.25, 0.3) is 5.57 Å². The molecule has 4 amide bonds. The van der Waals surface area contributed by atoms with Crippen molar-refractivity contribution < 1.29 is 29.1 Å². The summed E-state index contributed by atoms with van der Waals surface area (Å²) in [5.74, 6) is 0.200. The van der Waals surface area contributed by atoms with Gasteiger partial charge in [0.05, 0.1) is 22.5 Å². The number of fused-ring (bicyclic) bond motifs is 2. The number of benzene rings is 1. The third-order valence-electron chi connectivity index (χ3n) is 17.6. The van der Waals surface area contributed by atoms with Gasteiger partial charge in [0.2, 0.25) is 29.4 Å². The smallest absolute Gasteiger partial charge is 0.246 e. The zero-order chi connectivity index (χ0) is 56.1. The third-order valence-corrected chi connectivity index (χ3v) is 17.6. The number of nitrogens with one attached hydrogen (secondary N) is 3. The van der Waals surface area contributed by atoms with Gasteiger partial charge in [-0.2, -0.15) is 0 Å². The number of hydrogen-bond acceptors (Lipinski definition) is 8. The number of carbonyl (C=O) groups excluding carboxylic acids is 5. The summed E-state index contributed by atoms with van der Waals surface area (Å²) in [6.07, 6.45) is 20.5. The lowest BCUT2D eigenvalue weighted by atomic mass is 9.73. The Bertz CT molecular complexity index is 2400. The minimum absolute atomic E-state index is 0.0876. The maximum absolute atomic E-state index is 15.0. The van der Waals surface area contributed by atoms with Crippen molar-refractivity contribution in [2.75, 3.05) is 23.3 Å². The van der Waals surface area contributed by atoms with Crippen LogP contribution in [0, 0.1) is 17.3 Å². The summed E-state index contributed by atoms with van der Waals surface area (Å²) in [6.45, 7) is 32.0. The molecule has 0 saturated carbocycles. The van der Waals surface area contributed by atoms with Crippen LogP contribution in [0.3, 0.4) is 0 Å². The van der Waals surface area contributed by atoms with Crippen molar-refractivity contribution >= 4 is 52.1 Å². The van der Waals surface area contributed by atoms with Crippen LogP contribution in [-0.2, 0) is 29.4 Å². The summed E-state index contributed by atoms with van der Waals surface area (Å²) in [4.78, 5) is 77.3. The maximum Gasteiger partial charge on any atom is 0.246 e. The first-order chi connectivity index (χ1) is 36.0. The Labute approximate surface area is 458 Å². The van der Waals surface area contributed by atoms with Gasteiger partial charge in [0, 0.05) is 96.3 Å². The number of aliphatic hydroxyl groups excluding tert-OH is 1. The van der Waals surface area contributed by atoms with Gasteiger partial charge >= 0.3 is 0 Å². The number of Topliss-reactive ketones (excluding diaryl/α,β-unsaturated/α-hetero) is 1. The lowest BCUT2D eigenvalue weighted by molar-refractivity contribution is -0.122. The van der Waals surface area contributed by atoms with E-state index in [0.29, 0.717) is 60.1 Å². The van der Waals surface area contributed by atoms with Gasteiger partial charge in [-0.25, -0.2) is 4.99 Å². The van der Waals surface area contributed by atoms with E-state index < -0.39 is 0 Å². The molecule has 12 nitrogen and oxygen atoms in total. The van der Waals surface area contributed by atoms with Crippen LogP contribution in [-0.4, -0.2) is 82.4 Å². The van der Waals surface area contributed by atoms with Gasteiger partial charge in [0.25, 0.3) is 0 Å². The highest BCUT2D eigenvalue weighted by molar-refractivity contribution is 6.42. The van der Waals surface area contributed by atoms with E-state index in [1.54, 1.807) is 0 Å². The number of hydrogen-bond donors (Lipinski definition) is 4. The molecule has 4 atom stereocenters. The van der Waals surface area contributed by atoms with Gasteiger partial charge in [-0.15, -0.1) is 0 Å². The Morgan fingerprint density at radius 2 is 1.14 bits per heavy atom. The molecule has 0 aromatic heterocycles. The summed E-state index contributed by atoms with van der Waals surface area (Å²) < 4.78 is 0. The van der Waals surface area contributed by atoms with Crippen LogP contribution in [0.15, 0.2) is 57.5 Å². The number of ketones is 1. The number of allylic oxidation sites excluding steroid dienone is 6. The number of aliphatic hydroxyl groups is 1. The van der Waals surface area contributed by atoms with Gasteiger partial charge in [0.1, 0.15) is 5.76 Å². The molecule has 422 valence electrons. The van der Waals surface area contributed by atoms with Crippen molar-refractivity contribution in [3.63, 3.8) is 0 Å². The van der Waals surface area contributed by atoms with E-state index in [4.69, 9.17) is 4.99 Å². The van der Waals surface area contributed by atoms with Gasteiger partial charge in [0.15, 0.2) is 0 Å². The molecule has 2 heterocycles. The molecular weight excluding hydrogens is 949 g/mol. The Morgan fingerprint density at radius 3 is 1.63 bits per heavy atom. The number of amides is 4. The number of rotatable bonds is 30. The molecular formula is C64H100N6O6. The van der Waals surface area contributed by atoms with Gasteiger partial charge in [-0.3, -0.25) is 24.0 Å². The average Bonchev–Trinajstić information content (AvgIpc) is 3.69. The third kappa shape index (κ3) is 14.8. The Morgan fingerprint density at radius 1 is 0.645 bits per heavy atom. The summed E-state index contributed by atoms with van der Waals surface area (Å²) in [5, 5.41) is 21.8. The molecule has 2 aliphatic carbocycles. The van der Waals surface area contributed by atoms with Crippen molar-refractivity contribution in [3.8, 4) is 0 Å². The molecule has 0 spiro atoms. The molecule has 12 heteroatoms. The van der Waals surface area contributed by atoms with Crippen LogP contribution < -0.4 is 20.9 Å². The summed E-state index contributed by atoms with van der Waals surface area (Å²) in [5.41, 5.74) is 5.36. The Kier molecular flexibility index (Phi) is 22.8. The number of aliphatic imine (C=N–C) groups is 1. The fraction of sp³-hybridized carbons (Fsp3) is 0.688. The lowest BCUT2D eigenvalue weighted by Gasteiger charge is -2.34. The van der Waals surface area contributed by atoms with Gasteiger partial charge in [-0.05, 0) is 127 Å². The molecule has 5 rings (SSSR count). The summed E-state index contributed by atoms with van der Waals surface area (Å²) in [6, 6.07) is 4.52. The van der Waals surface area contributed by atoms with Crippen LogP contribution >= 0.6 is 0 Å². The van der Waals surface area contributed by atoms with Crippen molar-refractivity contribution in [3.05, 3.63) is 63.6 Å². The molecule has 0 bridgehead atoms. The van der Waals surface area contributed by atoms with E-state index in [-0.39, 0.29) is 94.2 Å². The number of nitrogens with zero attached hydrogens (tertiary/aromatic N) is 3.